The summed E-state index contributed by atoms with van der Waals surface area (Å²) in [6, 6.07) is 2.06. The second-order valence-corrected chi connectivity index (χ2v) is 10.2. The lowest BCUT2D eigenvalue weighted by Gasteiger charge is -2.27. The number of nitrogens with one attached hydrogen (secondary N) is 1. The Hall–Kier alpha value is -2.25. The summed E-state index contributed by atoms with van der Waals surface area (Å²) in [6.45, 7) is 9.68. The monoisotopic (exact) mass is 472 g/mol. The number of aromatic nitrogens is 1. The van der Waals surface area contributed by atoms with Gasteiger partial charge < -0.3 is 14.8 Å². The minimum atomic E-state index is -0.267. The lowest BCUT2D eigenvalue weighted by atomic mass is 9.79. The molecule has 1 saturated carbocycles. The van der Waals surface area contributed by atoms with Crippen LogP contribution in [0.3, 0.4) is 0 Å². The van der Waals surface area contributed by atoms with Crippen molar-refractivity contribution in [2.24, 2.45) is 5.92 Å². The molecule has 3 rings (SSSR count). The molecule has 1 atom stereocenters. The molecule has 1 aliphatic rings. The maximum Gasteiger partial charge on any atom is 0.339 e. The number of ether oxygens (including phenoxy) is 2. The number of thiophene rings is 1. The van der Waals surface area contributed by atoms with Crippen molar-refractivity contribution in [1.82, 2.24) is 10.3 Å². The van der Waals surface area contributed by atoms with Crippen molar-refractivity contribution >= 4 is 23.1 Å². The zero-order valence-electron chi connectivity index (χ0n) is 20.7. The Bertz CT molecular complexity index is 1000. The molecule has 2 heterocycles. The van der Waals surface area contributed by atoms with Crippen molar-refractivity contribution in [3.8, 4) is 5.88 Å². The van der Waals surface area contributed by atoms with Gasteiger partial charge in [-0.2, -0.15) is 0 Å². The third kappa shape index (κ3) is 5.82. The SMILES string of the molecule is COC(=O)c1c(CCNCc2c(C)cc(C)nc2OC)sc([C@H](C)C2CCC(=O)CC2)c1C. The molecule has 1 fully saturated rings. The van der Waals surface area contributed by atoms with Crippen LogP contribution in [-0.2, 0) is 22.5 Å². The minimum absolute atomic E-state index is 0.267. The molecule has 2 aromatic heterocycles. The molecule has 2 aromatic rings. The minimum Gasteiger partial charge on any atom is -0.481 e. The Kier molecular flexibility index (Phi) is 8.65. The van der Waals surface area contributed by atoms with Gasteiger partial charge in [0.05, 0.1) is 19.8 Å². The molecule has 0 radical (unpaired) electrons. The van der Waals surface area contributed by atoms with Gasteiger partial charge in [0.25, 0.3) is 0 Å². The van der Waals surface area contributed by atoms with E-state index < -0.39 is 0 Å². The predicted molar refractivity (Wildman–Crippen MR) is 131 cm³/mol. The number of Topliss-reactive ketones (excluding diaryl/α,β-unsaturated/α-hetero) is 1. The van der Waals surface area contributed by atoms with Crippen LogP contribution in [0, 0.1) is 26.7 Å². The number of carbonyl (C=O) groups is 2. The average Bonchev–Trinajstić information content (AvgIpc) is 3.12. The van der Waals surface area contributed by atoms with Crippen LogP contribution in [0.15, 0.2) is 6.07 Å². The van der Waals surface area contributed by atoms with E-state index in [2.05, 4.69) is 30.2 Å². The van der Waals surface area contributed by atoms with Crippen LogP contribution in [0.2, 0.25) is 0 Å². The highest BCUT2D eigenvalue weighted by atomic mass is 32.1. The van der Waals surface area contributed by atoms with E-state index in [-0.39, 0.29) is 5.97 Å². The molecule has 0 aromatic carbocycles. The fraction of sp³-hybridized carbons (Fsp3) is 0.577. The molecule has 0 amide bonds. The molecule has 0 bridgehead atoms. The number of hydrogen-bond donors (Lipinski definition) is 1. The number of pyridine rings is 1. The summed E-state index contributed by atoms with van der Waals surface area (Å²) >= 11 is 1.73. The average molecular weight is 473 g/mol. The standard InChI is InChI=1S/C26H36N2O4S/c1-15-13-16(2)28-25(31-5)21(15)14-27-12-11-22-23(26(30)32-6)18(4)24(33-22)17(3)19-7-9-20(29)10-8-19/h13,17,19,27H,7-12,14H2,1-6H3/t17-/m1/s1. The first-order valence-corrected chi connectivity index (χ1v) is 12.5. The van der Waals surface area contributed by atoms with Gasteiger partial charge in [0.1, 0.15) is 5.78 Å². The first-order valence-electron chi connectivity index (χ1n) is 11.7. The summed E-state index contributed by atoms with van der Waals surface area (Å²) in [4.78, 5) is 31.1. The Balaban J connectivity index is 1.73. The van der Waals surface area contributed by atoms with E-state index in [0.29, 0.717) is 48.4 Å². The normalized spacial score (nSPS) is 15.5. The first-order chi connectivity index (χ1) is 15.8. The molecule has 0 spiro atoms. The molecule has 1 aliphatic carbocycles. The number of nitrogens with zero attached hydrogens (tertiary/aromatic N) is 1. The van der Waals surface area contributed by atoms with Crippen LogP contribution < -0.4 is 10.1 Å². The number of methoxy groups -OCH3 is 2. The van der Waals surface area contributed by atoms with Gasteiger partial charge in [-0.25, -0.2) is 9.78 Å². The van der Waals surface area contributed by atoms with Crippen LogP contribution in [0.25, 0.3) is 0 Å². The lowest BCUT2D eigenvalue weighted by Crippen LogP contribution is -2.19. The molecule has 33 heavy (non-hydrogen) atoms. The van der Waals surface area contributed by atoms with Crippen molar-refractivity contribution in [2.75, 3.05) is 20.8 Å². The van der Waals surface area contributed by atoms with Crippen LogP contribution in [0.1, 0.15) is 81.0 Å². The third-order valence-corrected chi connectivity index (χ3v) is 8.37. The summed E-state index contributed by atoms with van der Waals surface area (Å²) < 4.78 is 10.6. The second-order valence-electron chi connectivity index (χ2n) is 9.04. The lowest BCUT2D eigenvalue weighted by molar-refractivity contribution is -0.121. The molecule has 0 unspecified atom stereocenters. The fourth-order valence-electron chi connectivity index (χ4n) is 4.88. The Morgan fingerprint density at radius 3 is 2.58 bits per heavy atom. The zero-order chi connectivity index (χ0) is 24.1. The van der Waals surface area contributed by atoms with E-state index in [4.69, 9.17) is 9.47 Å². The summed E-state index contributed by atoms with van der Waals surface area (Å²) in [5.41, 5.74) is 4.89. The summed E-state index contributed by atoms with van der Waals surface area (Å²) in [5, 5.41) is 3.49. The molecule has 1 N–H and O–H groups in total. The molecule has 0 aliphatic heterocycles. The number of rotatable bonds is 9. The van der Waals surface area contributed by atoms with Gasteiger partial charge in [-0.3, -0.25) is 4.79 Å². The van der Waals surface area contributed by atoms with Gasteiger partial charge in [-0.05, 0) is 69.1 Å². The van der Waals surface area contributed by atoms with E-state index in [1.165, 1.54) is 12.0 Å². The van der Waals surface area contributed by atoms with Gasteiger partial charge >= 0.3 is 5.97 Å². The first kappa shape index (κ1) is 25.4. The van der Waals surface area contributed by atoms with E-state index in [0.717, 1.165) is 53.1 Å². The van der Waals surface area contributed by atoms with Crippen LogP contribution in [0.5, 0.6) is 5.88 Å². The van der Waals surface area contributed by atoms with Crippen molar-refractivity contribution < 1.29 is 19.1 Å². The van der Waals surface area contributed by atoms with Crippen molar-refractivity contribution in [3.05, 3.63) is 43.8 Å². The molecular formula is C26H36N2O4S. The summed E-state index contributed by atoms with van der Waals surface area (Å²) in [7, 11) is 3.09. The molecular weight excluding hydrogens is 436 g/mol. The van der Waals surface area contributed by atoms with Crippen LogP contribution in [0.4, 0.5) is 0 Å². The van der Waals surface area contributed by atoms with E-state index in [1.807, 2.05) is 13.8 Å². The summed E-state index contributed by atoms with van der Waals surface area (Å²) in [6.07, 6.45) is 3.97. The Morgan fingerprint density at radius 2 is 1.94 bits per heavy atom. The van der Waals surface area contributed by atoms with Gasteiger partial charge in [0.15, 0.2) is 0 Å². The number of esters is 1. The Morgan fingerprint density at radius 1 is 1.24 bits per heavy atom. The van der Waals surface area contributed by atoms with Gasteiger partial charge in [0, 0.05) is 46.9 Å². The highest BCUT2D eigenvalue weighted by molar-refractivity contribution is 7.12. The van der Waals surface area contributed by atoms with Gasteiger partial charge in [0.2, 0.25) is 5.88 Å². The quantitative estimate of drug-likeness (QED) is 0.406. The van der Waals surface area contributed by atoms with E-state index in [9.17, 15) is 9.59 Å². The van der Waals surface area contributed by atoms with Crippen molar-refractivity contribution in [1.29, 1.82) is 0 Å². The van der Waals surface area contributed by atoms with Gasteiger partial charge in [-0.15, -0.1) is 11.3 Å². The van der Waals surface area contributed by atoms with E-state index in [1.54, 1.807) is 18.4 Å². The smallest absolute Gasteiger partial charge is 0.339 e. The molecule has 7 heteroatoms. The number of ketones is 1. The highest BCUT2D eigenvalue weighted by Gasteiger charge is 2.30. The maximum atomic E-state index is 12.6. The Labute approximate surface area is 201 Å². The highest BCUT2D eigenvalue weighted by Crippen LogP contribution is 2.41. The van der Waals surface area contributed by atoms with Crippen molar-refractivity contribution in [2.45, 2.75) is 72.3 Å². The van der Waals surface area contributed by atoms with Gasteiger partial charge in [-0.1, -0.05) is 6.92 Å². The molecule has 0 saturated heterocycles. The van der Waals surface area contributed by atoms with Crippen LogP contribution >= 0.6 is 11.3 Å². The zero-order valence-corrected chi connectivity index (χ0v) is 21.5. The third-order valence-electron chi connectivity index (χ3n) is 6.82. The topological polar surface area (TPSA) is 77.5 Å². The molecule has 180 valence electrons. The van der Waals surface area contributed by atoms with Crippen LogP contribution in [-0.4, -0.2) is 37.5 Å². The second kappa shape index (κ2) is 11.3. The van der Waals surface area contributed by atoms with E-state index >= 15 is 0 Å². The largest absolute Gasteiger partial charge is 0.481 e. The maximum absolute atomic E-state index is 12.6. The number of carbonyl (C=O) groups excluding carboxylic acids is 2. The number of hydrogen-bond acceptors (Lipinski definition) is 7. The number of aryl methyl sites for hydroxylation is 2. The predicted octanol–water partition coefficient (Wildman–Crippen LogP) is 5.06. The molecule has 6 nitrogen and oxygen atoms in total. The fourth-order valence-corrected chi connectivity index (χ4v) is 6.32. The van der Waals surface area contributed by atoms with Crippen molar-refractivity contribution in [3.63, 3.8) is 0 Å². The summed E-state index contributed by atoms with van der Waals surface area (Å²) in [5.74, 6) is 1.58.